The number of tetrazole rings is 1. The number of halogens is 2. The molecule has 26 heavy (non-hydrogen) atoms. The van der Waals surface area contributed by atoms with E-state index in [1.807, 2.05) is 24.3 Å². The van der Waals surface area contributed by atoms with Crippen LogP contribution in [-0.2, 0) is 13.2 Å². The normalized spacial score (nSPS) is 10.6. The molecule has 0 atom stereocenters. The molecule has 1 aromatic heterocycles. The van der Waals surface area contributed by atoms with Crippen molar-refractivity contribution < 1.29 is 9.47 Å². The van der Waals surface area contributed by atoms with Crippen molar-refractivity contribution >= 4 is 29.2 Å². The molecule has 0 bridgehead atoms. The standard InChI is InChI=1S/C16H16Cl2N6O2/c1-25-14-4-2-3-11(8-20-24-16(19)21-22-23-24)15(14)26-9-10-5-6-12(17)13(18)7-10/h2-7,20H,8-9H2,1H3,(H2,19,21,23). The summed E-state index contributed by atoms with van der Waals surface area (Å²) in [5.74, 6) is 1.36. The predicted molar refractivity (Wildman–Crippen MR) is 99.1 cm³/mol. The summed E-state index contributed by atoms with van der Waals surface area (Å²) in [5.41, 5.74) is 10.4. The Balaban J connectivity index is 1.77. The lowest BCUT2D eigenvalue weighted by Gasteiger charge is -2.16. The lowest BCUT2D eigenvalue weighted by molar-refractivity contribution is 0.281. The fourth-order valence-corrected chi connectivity index (χ4v) is 2.60. The van der Waals surface area contributed by atoms with Crippen LogP contribution in [0.4, 0.5) is 5.95 Å². The van der Waals surface area contributed by atoms with Crippen LogP contribution in [0.5, 0.6) is 11.5 Å². The van der Waals surface area contributed by atoms with Gasteiger partial charge >= 0.3 is 0 Å². The summed E-state index contributed by atoms with van der Waals surface area (Å²) in [4.78, 5) is 1.28. The number of ether oxygens (including phenoxy) is 2. The largest absolute Gasteiger partial charge is 0.493 e. The maximum atomic E-state index is 6.05. The van der Waals surface area contributed by atoms with E-state index in [4.69, 9.17) is 38.4 Å². The third kappa shape index (κ3) is 4.09. The molecular formula is C16H16Cl2N6O2. The van der Waals surface area contributed by atoms with Crippen molar-refractivity contribution in [2.24, 2.45) is 0 Å². The predicted octanol–water partition coefficient (Wildman–Crippen LogP) is 2.89. The Morgan fingerprint density at radius 3 is 2.73 bits per heavy atom. The van der Waals surface area contributed by atoms with Crippen LogP contribution in [0, 0.1) is 0 Å². The minimum atomic E-state index is 0.158. The van der Waals surface area contributed by atoms with Crippen molar-refractivity contribution in [1.82, 2.24) is 20.3 Å². The van der Waals surface area contributed by atoms with Gasteiger partial charge in [0.15, 0.2) is 11.5 Å². The zero-order valence-corrected chi connectivity index (χ0v) is 15.3. The Hall–Kier alpha value is -2.71. The SMILES string of the molecule is COc1cccc(CNn2nnnc2N)c1OCc1ccc(Cl)c(Cl)c1. The van der Waals surface area contributed by atoms with Gasteiger partial charge in [0.05, 0.1) is 23.7 Å². The number of hydrogen-bond acceptors (Lipinski definition) is 7. The van der Waals surface area contributed by atoms with Crippen LogP contribution < -0.4 is 20.6 Å². The molecule has 3 aromatic rings. The zero-order chi connectivity index (χ0) is 18.5. The third-order valence-electron chi connectivity index (χ3n) is 3.56. The topological polar surface area (TPSA) is 100 Å². The Labute approximate surface area is 159 Å². The van der Waals surface area contributed by atoms with Gasteiger partial charge < -0.3 is 20.6 Å². The summed E-state index contributed by atoms with van der Waals surface area (Å²) < 4.78 is 11.4. The van der Waals surface area contributed by atoms with Gasteiger partial charge in [0.2, 0.25) is 0 Å². The van der Waals surface area contributed by atoms with Crippen LogP contribution >= 0.6 is 23.2 Å². The van der Waals surface area contributed by atoms with E-state index in [2.05, 4.69) is 21.0 Å². The van der Waals surface area contributed by atoms with E-state index in [-0.39, 0.29) is 5.95 Å². The Kier molecular flexibility index (Phi) is 5.65. The van der Waals surface area contributed by atoms with Gasteiger partial charge in [-0.1, -0.05) is 46.5 Å². The highest BCUT2D eigenvalue weighted by atomic mass is 35.5. The van der Waals surface area contributed by atoms with Crippen LogP contribution in [0.25, 0.3) is 0 Å². The number of aromatic nitrogens is 4. The molecule has 10 heteroatoms. The number of benzene rings is 2. The summed E-state index contributed by atoms with van der Waals surface area (Å²) in [6.45, 7) is 0.681. The highest BCUT2D eigenvalue weighted by molar-refractivity contribution is 6.42. The molecule has 0 aliphatic rings. The number of hydrogen-bond donors (Lipinski definition) is 2. The molecule has 0 spiro atoms. The zero-order valence-electron chi connectivity index (χ0n) is 13.8. The second-order valence-corrected chi connectivity index (χ2v) is 6.08. The van der Waals surface area contributed by atoms with E-state index in [0.29, 0.717) is 34.7 Å². The van der Waals surface area contributed by atoms with Gasteiger partial charge in [-0.3, -0.25) is 0 Å². The Morgan fingerprint density at radius 1 is 1.19 bits per heavy atom. The lowest BCUT2D eigenvalue weighted by Crippen LogP contribution is -2.19. The van der Waals surface area contributed by atoms with Crippen LogP contribution in [0.1, 0.15) is 11.1 Å². The molecule has 0 aliphatic heterocycles. The molecule has 0 amide bonds. The smallest absolute Gasteiger partial charge is 0.260 e. The maximum absolute atomic E-state index is 6.05. The van der Waals surface area contributed by atoms with Crippen molar-refractivity contribution in [3.05, 3.63) is 57.6 Å². The first kappa shape index (κ1) is 18.1. The van der Waals surface area contributed by atoms with E-state index in [9.17, 15) is 0 Å². The van der Waals surface area contributed by atoms with Gasteiger partial charge in [-0.25, -0.2) is 0 Å². The molecule has 0 unspecified atom stereocenters. The molecule has 3 N–H and O–H groups in total. The number of para-hydroxylation sites is 1. The summed E-state index contributed by atoms with van der Waals surface area (Å²) in [7, 11) is 1.58. The average molecular weight is 395 g/mol. The summed E-state index contributed by atoms with van der Waals surface area (Å²) >= 11 is 12.0. The van der Waals surface area contributed by atoms with Gasteiger partial charge in [0.1, 0.15) is 6.61 Å². The molecule has 0 saturated carbocycles. The number of nitrogens with two attached hydrogens (primary N) is 1. The van der Waals surface area contributed by atoms with Crippen molar-refractivity contribution in [2.75, 3.05) is 18.3 Å². The second-order valence-electron chi connectivity index (χ2n) is 5.27. The fraction of sp³-hybridized carbons (Fsp3) is 0.188. The van der Waals surface area contributed by atoms with Crippen molar-refractivity contribution in [3.63, 3.8) is 0 Å². The van der Waals surface area contributed by atoms with Gasteiger partial charge in [-0.15, -0.1) is 4.79 Å². The van der Waals surface area contributed by atoms with Gasteiger partial charge in [0.25, 0.3) is 5.95 Å². The van der Waals surface area contributed by atoms with Crippen molar-refractivity contribution in [1.29, 1.82) is 0 Å². The quantitative estimate of drug-likeness (QED) is 0.635. The number of rotatable bonds is 7. The highest BCUT2D eigenvalue weighted by Crippen LogP contribution is 2.32. The van der Waals surface area contributed by atoms with E-state index < -0.39 is 0 Å². The van der Waals surface area contributed by atoms with Crippen molar-refractivity contribution in [2.45, 2.75) is 13.2 Å². The molecule has 136 valence electrons. The van der Waals surface area contributed by atoms with Crippen LogP contribution in [0.2, 0.25) is 10.0 Å². The highest BCUT2D eigenvalue weighted by Gasteiger charge is 2.12. The lowest BCUT2D eigenvalue weighted by atomic mass is 10.2. The van der Waals surface area contributed by atoms with Gasteiger partial charge in [0, 0.05) is 5.56 Å². The van der Waals surface area contributed by atoms with E-state index in [1.54, 1.807) is 19.2 Å². The van der Waals surface area contributed by atoms with E-state index >= 15 is 0 Å². The first-order valence-corrected chi connectivity index (χ1v) is 8.34. The molecule has 8 nitrogen and oxygen atoms in total. The summed E-state index contributed by atoms with van der Waals surface area (Å²) in [5, 5.41) is 11.8. The molecule has 0 fully saturated rings. The van der Waals surface area contributed by atoms with Crippen LogP contribution in [0.15, 0.2) is 36.4 Å². The molecule has 0 aliphatic carbocycles. The van der Waals surface area contributed by atoms with Crippen LogP contribution in [0.3, 0.4) is 0 Å². The molecule has 2 aromatic carbocycles. The molecule has 3 rings (SSSR count). The number of anilines is 1. The average Bonchev–Trinajstić information content (AvgIpc) is 3.06. The van der Waals surface area contributed by atoms with E-state index in [1.165, 1.54) is 4.79 Å². The Morgan fingerprint density at radius 2 is 2.04 bits per heavy atom. The summed E-state index contributed by atoms with van der Waals surface area (Å²) in [6, 6.07) is 10.9. The van der Waals surface area contributed by atoms with E-state index in [0.717, 1.165) is 11.1 Å². The first-order valence-electron chi connectivity index (χ1n) is 7.59. The maximum Gasteiger partial charge on any atom is 0.260 e. The van der Waals surface area contributed by atoms with Gasteiger partial charge in [-0.2, -0.15) is 0 Å². The van der Waals surface area contributed by atoms with Crippen molar-refractivity contribution in [3.8, 4) is 11.5 Å². The molecular weight excluding hydrogens is 379 g/mol. The number of nitrogen functional groups attached to an aromatic ring is 1. The van der Waals surface area contributed by atoms with Gasteiger partial charge in [-0.05, 0) is 34.2 Å². The minimum Gasteiger partial charge on any atom is -0.493 e. The van der Waals surface area contributed by atoms with Crippen LogP contribution in [-0.4, -0.2) is 27.4 Å². The Bertz CT molecular complexity index is 902. The second kappa shape index (κ2) is 8.11. The molecule has 1 heterocycles. The number of nitrogens with zero attached hydrogens (tertiary/aromatic N) is 4. The number of nitrogens with one attached hydrogen (secondary N) is 1. The molecule has 0 radical (unpaired) electrons. The monoisotopic (exact) mass is 394 g/mol. The summed E-state index contributed by atoms with van der Waals surface area (Å²) in [6.07, 6.45) is 0. The minimum absolute atomic E-state index is 0.158. The fourth-order valence-electron chi connectivity index (χ4n) is 2.28. The third-order valence-corrected chi connectivity index (χ3v) is 4.30. The number of methoxy groups -OCH3 is 1. The first-order chi connectivity index (χ1) is 12.6. The molecule has 0 saturated heterocycles.